The monoisotopic (exact) mass is 256 g/mol. The standard InChI is InChI=1S/C11H16N2O3S/c1-16-11-5-3-2-4-10(11)13-7-6-9(8-12)17(13,14)15/h2-5,9H,6-8,12H2,1H3/t9-/m0/s1. The molecule has 5 nitrogen and oxygen atoms in total. The van der Waals surface area contributed by atoms with Gasteiger partial charge in [-0.05, 0) is 18.6 Å². The van der Waals surface area contributed by atoms with Gasteiger partial charge in [0.25, 0.3) is 0 Å². The molecule has 1 fully saturated rings. The van der Waals surface area contributed by atoms with E-state index in [1.54, 1.807) is 18.2 Å². The van der Waals surface area contributed by atoms with E-state index in [0.29, 0.717) is 24.4 Å². The summed E-state index contributed by atoms with van der Waals surface area (Å²) in [6.07, 6.45) is 0.566. The third-order valence-corrected chi connectivity index (χ3v) is 5.26. The van der Waals surface area contributed by atoms with Gasteiger partial charge in [0.2, 0.25) is 10.0 Å². The van der Waals surface area contributed by atoms with Crippen molar-refractivity contribution in [2.75, 3.05) is 24.5 Å². The molecular weight excluding hydrogens is 240 g/mol. The van der Waals surface area contributed by atoms with Gasteiger partial charge in [-0.15, -0.1) is 0 Å². The molecular formula is C11H16N2O3S. The number of hydrogen-bond acceptors (Lipinski definition) is 4. The lowest BCUT2D eigenvalue weighted by atomic mass is 10.2. The van der Waals surface area contributed by atoms with Crippen molar-refractivity contribution in [3.63, 3.8) is 0 Å². The van der Waals surface area contributed by atoms with Gasteiger partial charge in [-0.3, -0.25) is 4.31 Å². The molecule has 1 saturated heterocycles. The van der Waals surface area contributed by atoms with Crippen molar-refractivity contribution in [1.82, 2.24) is 0 Å². The zero-order chi connectivity index (χ0) is 12.5. The molecule has 6 heteroatoms. The summed E-state index contributed by atoms with van der Waals surface area (Å²) < 4.78 is 30.9. The lowest BCUT2D eigenvalue weighted by Gasteiger charge is -2.20. The maximum absolute atomic E-state index is 12.2. The highest BCUT2D eigenvalue weighted by Crippen LogP contribution is 2.34. The largest absolute Gasteiger partial charge is 0.495 e. The molecule has 0 radical (unpaired) electrons. The third-order valence-electron chi connectivity index (χ3n) is 3.00. The van der Waals surface area contributed by atoms with E-state index in [4.69, 9.17) is 10.5 Å². The fraction of sp³-hybridized carbons (Fsp3) is 0.455. The molecule has 2 rings (SSSR count). The van der Waals surface area contributed by atoms with Crippen LogP contribution in [0.25, 0.3) is 0 Å². The van der Waals surface area contributed by atoms with Crippen molar-refractivity contribution in [2.45, 2.75) is 11.7 Å². The number of rotatable bonds is 3. The molecule has 1 aromatic carbocycles. The van der Waals surface area contributed by atoms with Gasteiger partial charge in [0.1, 0.15) is 5.75 Å². The molecule has 2 N–H and O–H groups in total. The Morgan fingerprint density at radius 2 is 2.18 bits per heavy atom. The van der Waals surface area contributed by atoms with Gasteiger partial charge in [0.05, 0.1) is 18.0 Å². The summed E-state index contributed by atoms with van der Waals surface area (Å²) in [7, 11) is -1.81. The Kier molecular flexibility index (Phi) is 3.26. The number of hydrogen-bond donors (Lipinski definition) is 1. The molecule has 1 heterocycles. The Balaban J connectivity index is 2.42. The van der Waals surface area contributed by atoms with Gasteiger partial charge in [-0.2, -0.15) is 0 Å². The predicted octanol–water partition coefficient (Wildman–Crippen LogP) is 0.562. The average Bonchev–Trinajstić information content (AvgIpc) is 2.63. The molecule has 0 aromatic heterocycles. The lowest BCUT2D eigenvalue weighted by Crippen LogP contribution is -2.33. The van der Waals surface area contributed by atoms with Gasteiger partial charge >= 0.3 is 0 Å². The highest BCUT2D eigenvalue weighted by molar-refractivity contribution is 7.93. The molecule has 0 saturated carbocycles. The van der Waals surface area contributed by atoms with E-state index in [0.717, 1.165) is 0 Å². The summed E-state index contributed by atoms with van der Waals surface area (Å²) in [5.74, 6) is 0.564. The number of anilines is 1. The van der Waals surface area contributed by atoms with Crippen molar-refractivity contribution in [3.8, 4) is 5.75 Å². The van der Waals surface area contributed by atoms with Crippen LogP contribution in [-0.4, -0.2) is 33.9 Å². The SMILES string of the molecule is COc1ccccc1N1CC[C@@H](CN)S1(=O)=O. The van der Waals surface area contributed by atoms with Crippen molar-refractivity contribution < 1.29 is 13.2 Å². The number of nitrogens with zero attached hydrogens (tertiary/aromatic N) is 1. The highest BCUT2D eigenvalue weighted by atomic mass is 32.2. The molecule has 0 aliphatic carbocycles. The average molecular weight is 256 g/mol. The summed E-state index contributed by atoms with van der Waals surface area (Å²) in [4.78, 5) is 0. The zero-order valence-corrected chi connectivity index (χ0v) is 10.5. The summed E-state index contributed by atoms with van der Waals surface area (Å²) in [5, 5.41) is -0.479. The Morgan fingerprint density at radius 1 is 1.47 bits per heavy atom. The molecule has 1 atom stereocenters. The van der Waals surface area contributed by atoms with Crippen molar-refractivity contribution in [3.05, 3.63) is 24.3 Å². The second kappa shape index (κ2) is 4.54. The van der Waals surface area contributed by atoms with Gasteiger partial charge in [-0.1, -0.05) is 12.1 Å². The Bertz CT molecular complexity index is 501. The van der Waals surface area contributed by atoms with Gasteiger partial charge in [0.15, 0.2) is 0 Å². The van der Waals surface area contributed by atoms with Crippen molar-refractivity contribution >= 4 is 15.7 Å². The topological polar surface area (TPSA) is 72.6 Å². The maximum atomic E-state index is 12.2. The first-order valence-corrected chi connectivity index (χ1v) is 6.96. The normalized spacial score (nSPS) is 22.7. The van der Waals surface area contributed by atoms with Crippen LogP contribution in [-0.2, 0) is 10.0 Å². The van der Waals surface area contributed by atoms with Crippen LogP contribution >= 0.6 is 0 Å². The molecule has 0 spiro atoms. The fourth-order valence-corrected chi connectivity index (χ4v) is 3.84. The molecule has 17 heavy (non-hydrogen) atoms. The quantitative estimate of drug-likeness (QED) is 0.857. The number of methoxy groups -OCH3 is 1. The summed E-state index contributed by atoms with van der Waals surface area (Å²) in [6.45, 7) is 0.624. The predicted molar refractivity (Wildman–Crippen MR) is 66.7 cm³/mol. The second-order valence-corrected chi connectivity index (χ2v) is 6.07. The molecule has 1 aliphatic rings. The Labute approximate surface area is 101 Å². The molecule has 94 valence electrons. The van der Waals surface area contributed by atoms with Crippen LogP contribution in [0.15, 0.2) is 24.3 Å². The summed E-state index contributed by atoms with van der Waals surface area (Å²) in [5.41, 5.74) is 6.07. The van der Waals surface area contributed by atoms with E-state index >= 15 is 0 Å². The van der Waals surface area contributed by atoms with Crippen LogP contribution < -0.4 is 14.8 Å². The van der Waals surface area contributed by atoms with E-state index in [9.17, 15) is 8.42 Å². The molecule has 1 aromatic rings. The van der Waals surface area contributed by atoms with E-state index in [2.05, 4.69) is 0 Å². The van der Waals surface area contributed by atoms with E-state index in [-0.39, 0.29) is 6.54 Å². The minimum absolute atomic E-state index is 0.161. The second-order valence-electron chi connectivity index (χ2n) is 3.94. The van der Waals surface area contributed by atoms with E-state index < -0.39 is 15.3 Å². The third kappa shape index (κ3) is 1.98. The van der Waals surface area contributed by atoms with Gasteiger partial charge in [0, 0.05) is 13.1 Å². The van der Waals surface area contributed by atoms with Crippen LogP contribution in [0, 0.1) is 0 Å². The van der Waals surface area contributed by atoms with E-state index in [1.165, 1.54) is 11.4 Å². The molecule has 1 aliphatic heterocycles. The Morgan fingerprint density at radius 3 is 2.76 bits per heavy atom. The summed E-state index contributed by atoms with van der Waals surface area (Å²) >= 11 is 0. The first kappa shape index (κ1) is 12.2. The van der Waals surface area contributed by atoms with Gasteiger partial charge in [-0.25, -0.2) is 8.42 Å². The van der Waals surface area contributed by atoms with Crippen molar-refractivity contribution in [2.24, 2.45) is 5.73 Å². The van der Waals surface area contributed by atoms with E-state index in [1.807, 2.05) is 6.07 Å². The van der Waals surface area contributed by atoms with Crippen LogP contribution in [0.5, 0.6) is 5.75 Å². The van der Waals surface area contributed by atoms with Crippen LogP contribution in [0.3, 0.4) is 0 Å². The number of para-hydroxylation sites is 2. The number of nitrogens with two attached hydrogens (primary N) is 1. The molecule has 0 amide bonds. The van der Waals surface area contributed by atoms with Crippen molar-refractivity contribution in [1.29, 1.82) is 0 Å². The first-order valence-electron chi connectivity index (χ1n) is 5.46. The highest BCUT2D eigenvalue weighted by Gasteiger charge is 2.38. The number of sulfonamides is 1. The number of benzene rings is 1. The molecule has 0 bridgehead atoms. The minimum atomic E-state index is -3.34. The summed E-state index contributed by atoms with van der Waals surface area (Å²) in [6, 6.07) is 7.10. The number of ether oxygens (including phenoxy) is 1. The molecule has 0 unspecified atom stereocenters. The van der Waals surface area contributed by atoms with Gasteiger partial charge < -0.3 is 10.5 Å². The van der Waals surface area contributed by atoms with Crippen LogP contribution in [0.1, 0.15) is 6.42 Å². The first-order chi connectivity index (χ1) is 8.11. The zero-order valence-electron chi connectivity index (χ0n) is 9.67. The fourth-order valence-electron chi connectivity index (χ4n) is 2.05. The lowest BCUT2D eigenvalue weighted by molar-refractivity contribution is 0.415. The van der Waals surface area contributed by atoms with Crippen LogP contribution in [0.2, 0.25) is 0 Å². The Hall–Kier alpha value is -1.27. The maximum Gasteiger partial charge on any atom is 0.239 e. The minimum Gasteiger partial charge on any atom is -0.495 e. The smallest absolute Gasteiger partial charge is 0.239 e. The van der Waals surface area contributed by atoms with Crippen LogP contribution in [0.4, 0.5) is 5.69 Å².